The summed E-state index contributed by atoms with van der Waals surface area (Å²) < 4.78 is 28.2. The van der Waals surface area contributed by atoms with Crippen molar-refractivity contribution in [1.82, 2.24) is 25.0 Å². The van der Waals surface area contributed by atoms with Crippen molar-refractivity contribution in [3.05, 3.63) is 36.5 Å². The number of hydrogen-bond acceptors (Lipinski definition) is 5. The molecule has 0 spiro atoms. The number of rotatable bonds is 3. The van der Waals surface area contributed by atoms with Crippen LogP contribution in [0.15, 0.2) is 36.5 Å². The third-order valence-electron chi connectivity index (χ3n) is 3.50. The molecule has 1 aromatic carbocycles. The molecule has 0 aliphatic carbocycles. The highest BCUT2D eigenvalue weighted by Gasteiger charge is 2.11. The van der Waals surface area contributed by atoms with Gasteiger partial charge in [0.05, 0.1) is 27.6 Å². The molecule has 110 valence electrons. The highest BCUT2D eigenvalue weighted by molar-refractivity contribution is 5.91. The Morgan fingerprint density at radius 1 is 1.36 bits per heavy atom. The Bertz CT molecular complexity index is 1070. The van der Waals surface area contributed by atoms with Gasteiger partial charge in [0, 0.05) is 18.9 Å². The van der Waals surface area contributed by atoms with Crippen molar-refractivity contribution in [3.8, 4) is 5.88 Å². The number of fused-ring (bicyclic) bond motifs is 2. The monoisotopic (exact) mass is 297 g/mol. The Kier molecular flexibility index (Phi) is 2.10. The van der Waals surface area contributed by atoms with Gasteiger partial charge in [-0.15, -0.1) is 5.10 Å². The van der Waals surface area contributed by atoms with Gasteiger partial charge in [0.2, 0.25) is 5.88 Å². The molecular formula is C15H14N6O. The maximum absolute atomic E-state index is 7.23. The number of ether oxygens (including phenoxy) is 1. The van der Waals surface area contributed by atoms with Crippen LogP contribution in [-0.2, 0) is 7.05 Å². The molecule has 4 aromatic rings. The highest BCUT2D eigenvalue weighted by Crippen LogP contribution is 2.29. The lowest BCUT2D eigenvalue weighted by atomic mass is 10.2. The zero-order chi connectivity index (χ0) is 17.6. The summed E-state index contributed by atoms with van der Waals surface area (Å²) in [4.78, 5) is 4.31. The molecule has 2 N–H and O–H groups in total. The lowest BCUT2D eigenvalue weighted by molar-refractivity contribution is 0.396. The van der Waals surface area contributed by atoms with Crippen molar-refractivity contribution in [2.45, 2.75) is 0 Å². The third kappa shape index (κ3) is 1.86. The Morgan fingerprint density at radius 3 is 3.23 bits per heavy atom. The standard InChI is InChI=1S/C15H14N6O/c1-21-12-8-9(5-6-10(12)15(20-21)22-2)17-14-13-11(18-19-14)4-3-7-16-13/h3-8H,1-2H3,(H2,17,18,19)/i2D3. The van der Waals surface area contributed by atoms with Crippen molar-refractivity contribution in [3.63, 3.8) is 0 Å². The predicted molar refractivity (Wildman–Crippen MR) is 84.4 cm³/mol. The van der Waals surface area contributed by atoms with Crippen LogP contribution in [0.3, 0.4) is 0 Å². The zero-order valence-electron chi connectivity index (χ0n) is 14.7. The number of aryl methyl sites for hydroxylation is 1. The number of aromatic amines is 1. The topological polar surface area (TPSA) is 80.6 Å². The number of H-pyrrole nitrogens is 1. The molecule has 22 heavy (non-hydrogen) atoms. The van der Waals surface area contributed by atoms with Crippen molar-refractivity contribution in [2.24, 2.45) is 7.05 Å². The minimum atomic E-state index is -2.54. The molecule has 7 heteroatoms. The molecule has 4 rings (SSSR count). The lowest BCUT2D eigenvalue weighted by Gasteiger charge is -2.04. The van der Waals surface area contributed by atoms with E-state index in [-0.39, 0.29) is 5.88 Å². The van der Waals surface area contributed by atoms with Gasteiger partial charge in [0.25, 0.3) is 0 Å². The van der Waals surface area contributed by atoms with Gasteiger partial charge in [-0.05, 0) is 30.3 Å². The zero-order valence-corrected chi connectivity index (χ0v) is 11.7. The summed E-state index contributed by atoms with van der Waals surface area (Å²) >= 11 is 0. The molecule has 0 aliphatic rings. The van der Waals surface area contributed by atoms with Crippen LogP contribution in [-0.4, -0.2) is 32.0 Å². The van der Waals surface area contributed by atoms with Crippen LogP contribution in [0.5, 0.6) is 5.88 Å². The molecule has 0 aliphatic heterocycles. The fourth-order valence-electron chi connectivity index (χ4n) is 2.45. The van der Waals surface area contributed by atoms with Crippen molar-refractivity contribution < 1.29 is 8.85 Å². The van der Waals surface area contributed by atoms with Crippen molar-refractivity contribution in [2.75, 3.05) is 12.4 Å². The van der Waals surface area contributed by atoms with Crippen LogP contribution in [0.4, 0.5) is 11.5 Å². The van der Waals surface area contributed by atoms with Gasteiger partial charge in [-0.25, -0.2) is 0 Å². The van der Waals surface area contributed by atoms with E-state index in [4.69, 9.17) is 8.85 Å². The first-order valence-electron chi connectivity index (χ1n) is 8.13. The second-order valence-corrected chi connectivity index (χ2v) is 4.86. The van der Waals surface area contributed by atoms with Gasteiger partial charge in [0.15, 0.2) is 5.82 Å². The number of hydrogen-bond donors (Lipinski definition) is 2. The van der Waals surface area contributed by atoms with E-state index in [1.54, 1.807) is 30.1 Å². The van der Waals surface area contributed by atoms with Crippen LogP contribution in [0.1, 0.15) is 4.11 Å². The van der Waals surface area contributed by atoms with Gasteiger partial charge in [-0.1, -0.05) is 0 Å². The SMILES string of the molecule is [2H]C([2H])([2H])Oc1nn(C)c2cc(Nc3n[nH]c4cccnc34)ccc12. The summed E-state index contributed by atoms with van der Waals surface area (Å²) in [7, 11) is -0.818. The molecule has 0 bridgehead atoms. The molecule has 3 heterocycles. The fourth-order valence-corrected chi connectivity index (χ4v) is 2.45. The Hall–Kier alpha value is -3.09. The van der Waals surface area contributed by atoms with E-state index >= 15 is 0 Å². The van der Waals surface area contributed by atoms with Crippen LogP contribution < -0.4 is 10.1 Å². The molecule has 0 fully saturated rings. The summed E-state index contributed by atoms with van der Waals surface area (Å²) in [6.07, 6.45) is 1.70. The van der Waals surface area contributed by atoms with Crippen LogP contribution in [0.25, 0.3) is 21.9 Å². The molecule has 0 unspecified atom stereocenters. The van der Waals surface area contributed by atoms with E-state index in [1.807, 2.05) is 18.2 Å². The smallest absolute Gasteiger partial charge is 0.240 e. The predicted octanol–water partition coefficient (Wildman–Crippen LogP) is 2.60. The van der Waals surface area contributed by atoms with E-state index in [1.165, 1.54) is 0 Å². The fraction of sp³-hybridized carbons (Fsp3) is 0.133. The van der Waals surface area contributed by atoms with E-state index in [9.17, 15) is 0 Å². The molecule has 0 amide bonds. The van der Waals surface area contributed by atoms with E-state index in [2.05, 4.69) is 25.6 Å². The third-order valence-corrected chi connectivity index (χ3v) is 3.50. The van der Waals surface area contributed by atoms with Gasteiger partial charge in [0.1, 0.15) is 5.52 Å². The van der Waals surface area contributed by atoms with Gasteiger partial charge < -0.3 is 10.1 Å². The minimum Gasteiger partial charge on any atom is -0.479 e. The van der Waals surface area contributed by atoms with E-state index < -0.39 is 7.04 Å². The number of anilines is 2. The molecule has 3 aromatic heterocycles. The second kappa shape index (κ2) is 4.73. The Morgan fingerprint density at radius 2 is 2.32 bits per heavy atom. The number of methoxy groups -OCH3 is 1. The van der Waals surface area contributed by atoms with Crippen molar-refractivity contribution >= 4 is 33.4 Å². The minimum absolute atomic E-state index is 0.0796. The molecule has 0 saturated heterocycles. The Labute approximate surface area is 130 Å². The quantitative estimate of drug-likeness (QED) is 0.607. The summed E-state index contributed by atoms with van der Waals surface area (Å²) in [5.41, 5.74) is 3.08. The first-order chi connectivity index (χ1) is 11.9. The van der Waals surface area contributed by atoms with Crippen LogP contribution in [0.2, 0.25) is 0 Å². The lowest BCUT2D eigenvalue weighted by Crippen LogP contribution is -1.94. The first-order valence-corrected chi connectivity index (χ1v) is 6.63. The van der Waals surface area contributed by atoms with Crippen molar-refractivity contribution in [1.29, 1.82) is 0 Å². The first kappa shape index (κ1) is 9.78. The highest BCUT2D eigenvalue weighted by atomic mass is 16.5. The van der Waals surface area contributed by atoms with Gasteiger partial charge >= 0.3 is 0 Å². The summed E-state index contributed by atoms with van der Waals surface area (Å²) in [6, 6.07) is 9.13. The maximum Gasteiger partial charge on any atom is 0.240 e. The average Bonchev–Trinajstić information content (AvgIpc) is 3.08. The summed E-state index contributed by atoms with van der Waals surface area (Å²) in [6.45, 7) is 0. The molecule has 0 atom stereocenters. The summed E-state index contributed by atoms with van der Waals surface area (Å²) in [5, 5.41) is 15.1. The number of pyridine rings is 1. The Balaban J connectivity index is 1.71. The molecule has 7 nitrogen and oxygen atoms in total. The second-order valence-electron chi connectivity index (χ2n) is 4.86. The number of benzene rings is 1. The summed E-state index contributed by atoms with van der Waals surface area (Å²) in [5.74, 6) is 0.687. The van der Waals surface area contributed by atoms with E-state index in [0.717, 1.165) is 22.2 Å². The van der Waals surface area contributed by atoms with Crippen LogP contribution >= 0.6 is 0 Å². The largest absolute Gasteiger partial charge is 0.479 e. The van der Waals surface area contributed by atoms with E-state index in [0.29, 0.717) is 11.2 Å². The van der Waals surface area contributed by atoms with Crippen LogP contribution in [0, 0.1) is 0 Å². The molecule has 0 saturated carbocycles. The normalized spacial score (nSPS) is 13.8. The van der Waals surface area contributed by atoms with Gasteiger partial charge in [-0.3, -0.25) is 14.8 Å². The molecular weight excluding hydrogens is 280 g/mol. The number of nitrogens with zero attached hydrogens (tertiary/aromatic N) is 4. The molecule has 0 radical (unpaired) electrons. The maximum atomic E-state index is 7.23. The number of aromatic nitrogens is 5. The average molecular weight is 297 g/mol. The number of nitrogens with one attached hydrogen (secondary N) is 2. The van der Waals surface area contributed by atoms with Gasteiger partial charge in [-0.2, -0.15) is 5.10 Å².